The second-order valence-corrected chi connectivity index (χ2v) is 5.28. The van der Waals surface area contributed by atoms with Crippen LogP contribution in [0.25, 0.3) is 0 Å². The van der Waals surface area contributed by atoms with E-state index in [4.69, 9.17) is 16.3 Å². The van der Waals surface area contributed by atoms with E-state index in [9.17, 15) is 13.2 Å². The Bertz CT molecular complexity index is 673. The van der Waals surface area contributed by atoms with Crippen LogP contribution in [-0.4, -0.2) is 15.9 Å². The number of benzene rings is 1. The topological polar surface area (TPSA) is 35.0 Å². The first-order chi connectivity index (χ1) is 9.94. The number of halogens is 4. The summed E-state index contributed by atoms with van der Waals surface area (Å²) in [4.78, 5) is 7.54. The Morgan fingerprint density at radius 3 is 2.67 bits per heavy atom. The van der Waals surface area contributed by atoms with E-state index in [2.05, 4.69) is 9.97 Å². The fourth-order valence-electron chi connectivity index (χ4n) is 2.30. The van der Waals surface area contributed by atoms with Crippen molar-refractivity contribution in [1.82, 2.24) is 9.97 Å². The molecule has 7 heteroatoms. The summed E-state index contributed by atoms with van der Waals surface area (Å²) in [6.07, 6.45) is 1.99. The van der Waals surface area contributed by atoms with E-state index in [0.717, 1.165) is 0 Å². The van der Waals surface area contributed by atoms with E-state index < -0.39 is 17.7 Å². The minimum Gasteiger partial charge on any atom is -0.452 e. The van der Waals surface area contributed by atoms with Crippen LogP contribution in [0.3, 0.4) is 0 Å². The minimum absolute atomic E-state index is 0.0965. The van der Waals surface area contributed by atoms with Crippen LogP contribution in [0.4, 0.5) is 13.2 Å². The van der Waals surface area contributed by atoms with Crippen molar-refractivity contribution < 1.29 is 17.9 Å². The van der Waals surface area contributed by atoms with Gasteiger partial charge in [-0.2, -0.15) is 0 Å². The zero-order valence-electron chi connectivity index (χ0n) is 10.7. The molecule has 0 aliphatic heterocycles. The molecule has 1 heterocycles. The van der Waals surface area contributed by atoms with E-state index in [0.29, 0.717) is 5.56 Å². The summed E-state index contributed by atoms with van der Waals surface area (Å²) in [5, 5.41) is 0.0965. The summed E-state index contributed by atoms with van der Waals surface area (Å²) >= 11 is 5.86. The monoisotopic (exact) mass is 314 g/mol. The highest BCUT2D eigenvalue weighted by Gasteiger charge is 2.46. The van der Waals surface area contributed by atoms with Gasteiger partial charge in [-0.05, 0) is 24.1 Å². The van der Waals surface area contributed by atoms with Crippen molar-refractivity contribution in [3.05, 3.63) is 47.3 Å². The summed E-state index contributed by atoms with van der Waals surface area (Å²) in [5.41, 5.74) is 0.404. The molecule has 1 aliphatic carbocycles. The van der Waals surface area contributed by atoms with Crippen LogP contribution < -0.4 is 4.74 Å². The molecule has 3 nitrogen and oxygen atoms in total. The molecule has 2 aromatic rings. The fraction of sp³-hybridized carbons (Fsp3) is 0.286. The lowest BCUT2D eigenvalue weighted by Crippen LogP contribution is -2.33. The molecule has 0 radical (unpaired) electrons. The molecule has 1 fully saturated rings. The van der Waals surface area contributed by atoms with Gasteiger partial charge in [-0.1, -0.05) is 11.6 Å². The third-order valence-corrected chi connectivity index (χ3v) is 3.64. The number of hydrogen-bond donors (Lipinski definition) is 0. The molecular formula is C14H10ClF3N2O. The molecule has 0 atom stereocenters. The largest absolute Gasteiger partial charge is 0.452 e. The van der Waals surface area contributed by atoms with Gasteiger partial charge in [0.15, 0.2) is 10.9 Å². The second-order valence-electron chi connectivity index (χ2n) is 4.92. The van der Waals surface area contributed by atoms with Crippen LogP contribution >= 0.6 is 11.6 Å². The molecule has 1 aromatic carbocycles. The Morgan fingerprint density at radius 1 is 1.24 bits per heavy atom. The van der Waals surface area contributed by atoms with Gasteiger partial charge in [0, 0.05) is 18.4 Å². The molecule has 110 valence electrons. The predicted molar refractivity (Wildman–Crippen MR) is 70.4 cm³/mol. The van der Waals surface area contributed by atoms with Gasteiger partial charge < -0.3 is 4.74 Å². The van der Waals surface area contributed by atoms with Crippen molar-refractivity contribution in [2.24, 2.45) is 0 Å². The average molecular weight is 315 g/mol. The normalized spacial score (nSPS) is 17.3. The molecule has 21 heavy (non-hydrogen) atoms. The summed E-state index contributed by atoms with van der Waals surface area (Å²) < 4.78 is 45.0. The Kier molecular flexibility index (Phi) is 3.49. The Balaban J connectivity index is 1.90. The number of aromatic nitrogens is 2. The van der Waals surface area contributed by atoms with Crippen molar-refractivity contribution in [3.8, 4) is 11.5 Å². The Morgan fingerprint density at radius 2 is 2.00 bits per heavy atom. The summed E-state index contributed by atoms with van der Waals surface area (Å²) in [6, 6.07) is 3.81. The van der Waals surface area contributed by atoms with Crippen LogP contribution in [0.2, 0.25) is 5.15 Å². The van der Waals surface area contributed by atoms with Crippen molar-refractivity contribution in [1.29, 1.82) is 0 Å². The summed E-state index contributed by atoms with van der Waals surface area (Å²) in [5.74, 6) is -3.15. The Labute approximate surface area is 123 Å². The van der Waals surface area contributed by atoms with Gasteiger partial charge in [-0.25, -0.2) is 23.1 Å². The lowest BCUT2D eigenvalue weighted by Gasteiger charge is -2.35. The van der Waals surface area contributed by atoms with Crippen molar-refractivity contribution in [3.63, 3.8) is 0 Å². The lowest BCUT2D eigenvalue weighted by molar-refractivity contribution is -0.0870. The zero-order valence-corrected chi connectivity index (χ0v) is 11.4. The summed E-state index contributed by atoms with van der Waals surface area (Å²) in [6.45, 7) is 0. The molecule has 1 aromatic heterocycles. The SMILES string of the molecule is Fc1ccc(Oc2cncnc2Cl)c(C2CC(F)(F)C2)c1. The smallest absolute Gasteiger partial charge is 0.249 e. The first-order valence-electron chi connectivity index (χ1n) is 6.25. The summed E-state index contributed by atoms with van der Waals surface area (Å²) in [7, 11) is 0. The average Bonchev–Trinajstić information content (AvgIpc) is 2.40. The molecule has 0 saturated heterocycles. The van der Waals surface area contributed by atoms with E-state index in [-0.39, 0.29) is 29.5 Å². The van der Waals surface area contributed by atoms with Crippen molar-refractivity contribution in [2.45, 2.75) is 24.7 Å². The maximum absolute atomic E-state index is 13.4. The standard InChI is InChI=1S/C14H10ClF3N2O/c15-13-12(6-19-7-20-13)21-11-2-1-9(16)3-10(11)8-4-14(17,18)5-8/h1-3,6-8H,4-5H2. The molecule has 1 saturated carbocycles. The van der Waals surface area contributed by atoms with E-state index >= 15 is 0 Å². The third kappa shape index (κ3) is 2.95. The molecule has 0 N–H and O–H groups in total. The number of nitrogens with zero attached hydrogens (tertiary/aromatic N) is 2. The van der Waals surface area contributed by atoms with E-state index in [1.807, 2.05) is 0 Å². The first kappa shape index (κ1) is 14.1. The highest BCUT2D eigenvalue weighted by atomic mass is 35.5. The number of hydrogen-bond acceptors (Lipinski definition) is 3. The van der Waals surface area contributed by atoms with Gasteiger partial charge in [0.1, 0.15) is 17.9 Å². The van der Waals surface area contributed by atoms with Gasteiger partial charge in [0.2, 0.25) is 5.92 Å². The maximum Gasteiger partial charge on any atom is 0.249 e. The molecule has 0 bridgehead atoms. The van der Waals surface area contributed by atoms with E-state index in [1.54, 1.807) is 0 Å². The van der Waals surface area contributed by atoms with Crippen LogP contribution in [0.5, 0.6) is 11.5 Å². The van der Waals surface area contributed by atoms with Gasteiger partial charge in [0.25, 0.3) is 0 Å². The number of rotatable bonds is 3. The van der Waals surface area contributed by atoms with Crippen molar-refractivity contribution >= 4 is 11.6 Å². The van der Waals surface area contributed by atoms with E-state index in [1.165, 1.54) is 30.7 Å². The van der Waals surface area contributed by atoms with Crippen LogP contribution in [0, 0.1) is 5.82 Å². The molecule has 0 amide bonds. The zero-order chi connectivity index (χ0) is 15.0. The highest BCUT2D eigenvalue weighted by Crippen LogP contribution is 2.51. The number of ether oxygens (including phenoxy) is 1. The molecular weight excluding hydrogens is 305 g/mol. The lowest BCUT2D eigenvalue weighted by atomic mass is 9.76. The van der Waals surface area contributed by atoms with Crippen LogP contribution in [0.1, 0.15) is 24.3 Å². The molecule has 0 spiro atoms. The quantitative estimate of drug-likeness (QED) is 0.778. The minimum atomic E-state index is -2.69. The molecule has 3 rings (SSSR count). The predicted octanol–water partition coefficient (Wildman–Crippen LogP) is 4.57. The highest BCUT2D eigenvalue weighted by molar-refractivity contribution is 6.30. The van der Waals surface area contributed by atoms with Gasteiger partial charge in [0.05, 0.1) is 6.20 Å². The van der Waals surface area contributed by atoms with Crippen LogP contribution in [0.15, 0.2) is 30.7 Å². The van der Waals surface area contributed by atoms with Gasteiger partial charge in [-0.3, -0.25) is 0 Å². The Hall–Kier alpha value is -1.82. The van der Waals surface area contributed by atoms with Gasteiger partial charge >= 0.3 is 0 Å². The van der Waals surface area contributed by atoms with Gasteiger partial charge in [-0.15, -0.1) is 0 Å². The third-order valence-electron chi connectivity index (χ3n) is 3.35. The maximum atomic E-state index is 13.4. The van der Waals surface area contributed by atoms with Crippen molar-refractivity contribution in [2.75, 3.05) is 0 Å². The molecule has 0 unspecified atom stereocenters. The second kappa shape index (κ2) is 5.18. The first-order valence-corrected chi connectivity index (χ1v) is 6.63. The van der Waals surface area contributed by atoms with Crippen LogP contribution in [-0.2, 0) is 0 Å². The molecule has 1 aliphatic rings. The fourth-order valence-corrected chi connectivity index (χ4v) is 2.43. The number of alkyl halides is 2.